The standard InChI is InChI=1S/C8H14N2O2/c11-4-3-9-6-8(12)10-2-1-7(9)5-10/h7,11H,1-6H2. The number of carbonyl (C=O) groups is 1. The van der Waals surface area contributed by atoms with Gasteiger partial charge in [-0.3, -0.25) is 9.69 Å². The molecule has 0 aromatic heterocycles. The third-order valence-electron chi connectivity index (χ3n) is 2.76. The molecule has 1 amide bonds. The highest BCUT2D eigenvalue weighted by Gasteiger charge is 2.36. The van der Waals surface area contributed by atoms with E-state index in [0.717, 1.165) is 19.5 Å². The predicted molar refractivity (Wildman–Crippen MR) is 43.6 cm³/mol. The molecule has 2 bridgehead atoms. The van der Waals surface area contributed by atoms with E-state index in [0.29, 0.717) is 19.1 Å². The zero-order valence-corrected chi connectivity index (χ0v) is 7.07. The maximum Gasteiger partial charge on any atom is 0.236 e. The normalized spacial score (nSPS) is 29.9. The number of rotatable bonds is 2. The molecule has 2 fully saturated rings. The van der Waals surface area contributed by atoms with E-state index in [1.54, 1.807) is 0 Å². The molecule has 1 N–H and O–H groups in total. The van der Waals surface area contributed by atoms with Gasteiger partial charge in [-0.25, -0.2) is 0 Å². The molecule has 4 heteroatoms. The second-order valence-electron chi connectivity index (χ2n) is 3.48. The first-order valence-corrected chi connectivity index (χ1v) is 4.44. The first-order valence-electron chi connectivity index (χ1n) is 4.44. The van der Waals surface area contributed by atoms with E-state index < -0.39 is 0 Å². The summed E-state index contributed by atoms with van der Waals surface area (Å²) in [6.45, 7) is 3.09. The minimum Gasteiger partial charge on any atom is -0.395 e. The van der Waals surface area contributed by atoms with Crippen LogP contribution < -0.4 is 0 Å². The Labute approximate surface area is 71.8 Å². The van der Waals surface area contributed by atoms with Crippen molar-refractivity contribution in [1.29, 1.82) is 0 Å². The van der Waals surface area contributed by atoms with Crippen LogP contribution in [0.1, 0.15) is 6.42 Å². The Morgan fingerprint density at radius 2 is 2.42 bits per heavy atom. The average Bonchev–Trinajstić information content (AvgIpc) is 2.46. The molecule has 0 aromatic carbocycles. The Morgan fingerprint density at radius 1 is 1.58 bits per heavy atom. The Hall–Kier alpha value is -0.610. The van der Waals surface area contributed by atoms with Crippen LogP contribution >= 0.6 is 0 Å². The van der Waals surface area contributed by atoms with Crippen molar-refractivity contribution in [2.24, 2.45) is 0 Å². The van der Waals surface area contributed by atoms with Crippen molar-refractivity contribution in [3.8, 4) is 0 Å². The lowest BCUT2D eigenvalue weighted by molar-refractivity contribution is -0.134. The molecule has 2 aliphatic rings. The number of hydrogen-bond acceptors (Lipinski definition) is 3. The molecule has 2 aliphatic heterocycles. The summed E-state index contributed by atoms with van der Waals surface area (Å²) in [6, 6.07) is 0.509. The molecular weight excluding hydrogens is 156 g/mol. The highest BCUT2D eigenvalue weighted by atomic mass is 16.3. The van der Waals surface area contributed by atoms with Gasteiger partial charge in [-0.2, -0.15) is 0 Å². The van der Waals surface area contributed by atoms with E-state index in [9.17, 15) is 4.79 Å². The number of hydrogen-bond donors (Lipinski definition) is 1. The fourth-order valence-corrected chi connectivity index (χ4v) is 2.06. The van der Waals surface area contributed by atoms with E-state index in [4.69, 9.17) is 5.11 Å². The van der Waals surface area contributed by atoms with Gasteiger partial charge in [-0.15, -0.1) is 0 Å². The summed E-state index contributed by atoms with van der Waals surface area (Å²) >= 11 is 0. The average molecular weight is 170 g/mol. The molecule has 1 unspecified atom stereocenters. The smallest absolute Gasteiger partial charge is 0.236 e. The predicted octanol–water partition coefficient (Wildman–Crippen LogP) is -1.10. The largest absolute Gasteiger partial charge is 0.395 e. The minimum atomic E-state index is 0.157. The Kier molecular flexibility index (Phi) is 2.02. The molecule has 0 saturated carbocycles. The Morgan fingerprint density at radius 3 is 3.17 bits per heavy atom. The van der Waals surface area contributed by atoms with E-state index >= 15 is 0 Å². The second kappa shape index (κ2) is 3.03. The third kappa shape index (κ3) is 1.21. The summed E-state index contributed by atoms with van der Waals surface area (Å²) in [5.74, 6) is 0.220. The van der Waals surface area contributed by atoms with Crippen LogP contribution in [-0.2, 0) is 4.79 Å². The van der Waals surface area contributed by atoms with Gasteiger partial charge in [0.15, 0.2) is 0 Å². The summed E-state index contributed by atoms with van der Waals surface area (Å²) in [4.78, 5) is 15.3. The van der Waals surface area contributed by atoms with Gasteiger partial charge in [0, 0.05) is 25.7 Å². The van der Waals surface area contributed by atoms with Gasteiger partial charge in [0.25, 0.3) is 0 Å². The molecule has 0 aromatic rings. The van der Waals surface area contributed by atoms with Gasteiger partial charge < -0.3 is 10.0 Å². The van der Waals surface area contributed by atoms with Crippen LogP contribution in [0.5, 0.6) is 0 Å². The number of piperazine rings is 1. The van der Waals surface area contributed by atoms with Crippen molar-refractivity contribution in [2.45, 2.75) is 12.5 Å². The van der Waals surface area contributed by atoms with Crippen molar-refractivity contribution < 1.29 is 9.90 Å². The summed E-state index contributed by atoms with van der Waals surface area (Å²) < 4.78 is 0. The molecule has 0 aliphatic carbocycles. The SMILES string of the molecule is O=C1CN(CCO)C2CCN1C2. The topological polar surface area (TPSA) is 43.8 Å². The monoisotopic (exact) mass is 170 g/mol. The lowest BCUT2D eigenvalue weighted by Gasteiger charge is -2.32. The first-order chi connectivity index (χ1) is 5.81. The Bertz CT molecular complexity index is 195. The molecule has 0 spiro atoms. The Balaban J connectivity index is 2.02. The number of fused-ring (bicyclic) bond motifs is 2. The lowest BCUT2D eigenvalue weighted by Crippen LogP contribution is -2.50. The molecule has 12 heavy (non-hydrogen) atoms. The third-order valence-corrected chi connectivity index (χ3v) is 2.76. The van der Waals surface area contributed by atoms with Gasteiger partial charge in [0.1, 0.15) is 0 Å². The van der Waals surface area contributed by atoms with Gasteiger partial charge >= 0.3 is 0 Å². The van der Waals surface area contributed by atoms with Gasteiger partial charge in [0.2, 0.25) is 5.91 Å². The zero-order valence-electron chi connectivity index (χ0n) is 7.07. The highest BCUT2D eigenvalue weighted by molar-refractivity contribution is 5.79. The van der Waals surface area contributed by atoms with Crippen molar-refractivity contribution >= 4 is 5.91 Å². The van der Waals surface area contributed by atoms with Crippen molar-refractivity contribution in [1.82, 2.24) is 9.80 Å². The number of β-amino-alcohol motifs (C(OH)–C–C–N with tert-alkyl or cyclic N) is 1. The van der Waals surface area contributed by atoms with Crippen molar-refractivity contribution in [3.05, 3.63) is 0 Å². The summed E-state index contributed by atoms with van der Waals surface area (Å²) in [6.07, 6.45) is 1.08. The van der Waals surface area contributed by atoms with E-state index in [2.05, 4.69) is 4.90 Å². The van der Waals surface area contributed by atoms with Crippen LogP contribution in [0.3, 0.4) is 0 Å². The molecule has 0 radical (unpaired) electrons. The van der Waals surface area contributed by atoms with Crippen LogP contribution in [0.15, 0.2) is 0 Å². The number of nitrogens with zero attached hydrogens (tertiary/aromatic N) is 2. The van der Waals surface area contributed by atoms with Crippen LogP contribution in [0.25, 0.3) is 0 Å². The van der Waals surface area contributed by atoms with E-state index in [1.165, 1.54) is 0 Å². The summed E-state index contributed by atoms with van der Waals surface area (Å²) in [5, 5.41) is 8.77. The van der Waals surface area contributed by atoms with Crippen LogP contribution in [0.2, 0.25) is 0 Å². The number of carbonyl (C=O) groups excluding carboxylic acids is 1. The number of aliphatic hydroxyl groups excluding tert-OH is 1. The molecule has 68 valence electrons. The molecule has 2 heterocycles. The van der Waals surface area contributed by atoms with Gasteiger partial charge in [0.05, 0.1) is 13.2 Å². The number of aliphatic hydroxyl groups is 1. The van der Waals surface area contributed by atoms with Crippen LogP contribution in [0, 0.1) is 0 Å². The summed E-state index contributed by atoms with van der Waals surface area (Å²) in [5.41, 5.74) is 0. The molecule has 2 rings (SSSR count). The quantitative estimate of drug-likeness (QED) is 0.572. The fourth-order valence-electron chi connectivity index (χ4n) is 2.06. The number of amides is 1. The van der Waals surface area contributed by atoms with Crippen molar-refractivity contribution in [2.75, 3.05) is 32.8 Å². The van der Waals surface area contributed by atoms with Crippen LogP contribution in [0.4, 0.5) is 0 Å². The van der Waals surface area contributed by atoms with Crippen molar-refractivity contribution in [3.63, 3.8) is 0 Å². The molecular formula is C8H14N2O2. The van der Waals surface area contributed by atoms with E-state index in [1.807, 2.05) is 4.90 Å². The highest BCUT2D eigenvalue weighted by Crippen LogP contribution is 2.20. The van der Waals surface area contributed by atoms with E-state index in [-0.39, 0.29) is 12.5 Å². The maximum absolute atomic E-state index is 11.3. The van der Waals surface area contributed by atoms with Gasteiger partial charge in [-0.05, 0) is 6.42 Å². The second-order valence-corrected chi connectivity index (χ2v) is 3.48. The fraction of sp³-hybridized carbons (Fsp3) is 0.875. The molecule has 2 saturated heterocycles. The maximum atomic E-state index is 11.3. The summed E-state index contributed by atoms with van der Waals surface area (Å²) in [7, 11) is 0. The minimum absolute atomic E-state index is 0.157. The van der Waals surface area contributed by atoms with Gasteiger partial charge in [-0.1, -0.05) is 0 Å². The zero-order chi connectivity index (χ0) is 8.55. The molecule has 1 atom stereocenters. The molecule has 4 nitrogen and oxygen atoms in total. The van der Waals surface area contributed by atoms with Crippen LogP contribution in [-0.4, -0.2) is 59.6 Å². The first kappa shape index (κ1) is 8.01. The lowest BCUT2D eigenvalue weighted by atomic mass is 10.2.